The zero-order valence-corrected chi connectivity index (χ0v) is 20.9. The molecule has 0 aromatic carbocycles. The number of nitrogens with zero attached hydrogens (tertiary/aromatic N) is 4. The first-order chi connectivity index (χ1) is 16.0. The molecule has 0 radical (unpaired) electrons. The fourth-order valence-electron chi connectivity index (χ4n) is 4.47. The monoisotopic (exact) mass is 485 g/mol. The fourth-order valence-corrected chi connectivity index (χ4v) is 5.51. The third-order valence-corrected chi connectivity index (χ3v) is 7.26. The number of carbonyl (C=O) groups is 1. The minimum absolute atomic E-state index is 0. The minimum atomic E-state index is -0.242. The molecule has 0 amide bonds. The number of nitrogens with one attached hydrogen (secondary N) is 1. The Hall–Kier alpha value is -2.42. The van der Waals surface area contributed by atoms with Gasteiger partial charge in [0, 0.05) is 79.7 Å². The lowest BCUT2D eigenvalue weighted by Crippen LogP contribution is -2.27. The highest BCUT2D eigenvalue weighted by Gasteiger charge is 2.23. The quantitative estimate of drug-likeness (QED) is 0.402. The van der Waals surface area contributed by atoms with E-state index in [4.69, 9.17) is 4.74 Å². The third kappa shape index (κ3) is 5.79. The first kappa shape index (κ1) is 26.2. The molecule has 3 aromatic rings. The predicted molar refractivity (Wildman–Crippen MR) is 139 cm³/mol. The van der Waals surface area contributed by atoms with Gasteiger partial charge in [0.1, 0.15) is 5.69 Å². The summed E-state index contributed by atoms with van der Waals surface area (Å²) in [6.45, 7) is 14.7. The largest absolute Gasteiger partial charge is 0.461 e. The van der Waals surface area contributed by atoms with Gasteiger partial charge in [-0.15, -0.1) is 0 Å². The van der Waals surface area contributed by atoms with Gasteiger partial charge in [0.25, 0.3) is 0 Å². The fraction of sp³-hybridized carbons (Fsp3) is 0.500. The molecule has 2 aliphatic heterocycles. The van der Waals surface area contributed by atoms with Crippen molar-refractivity contribution in [1.82, 2.24) is 23.3 Å². The normalized spacial score (nSPS) is 15.1. The van der Waals surface area contributed by atoms with E-state index in [9.17, 15) is 4.79 Å². The average molecular weight is 486 g/mol. The number of aromatic nitrogens is 3. The standard InChI is InChI=1S/C18H25N3O2S.C7H10N2.CH4/c1-5-23-18(22)16-11-17(14(4)21(16)13(2)3)24-20-10-9-19-8-6-7-15(19)12-20;1-2-7-6-8-3-5-9(7)4-1;/h6-8,11,13H,5,9-10,12H2,1-4H3;1-2,4,8H,3,5-6H2;1H4. The molecule has 5 rings (SSSR count). The van der Waals surface area contributed by atoms with Crippen LogP contribution in [0.15, 0.2) is 47.6 Å². The summed E-state index contributed by atoms with van der Waals surface area (Å²) < 4.78 is 14.2. The molecule has 0 fully saturated rings. The third-order valence-electron chi connectivity index (χ3n) is 6.09. The Bertz CT molecular complexity index is 1060. The van der Waals surface area contributed by atoms with Crippen molar-refractivity contribution in [3.05, 3.63) is 65.5 Å². The summed E-state index contributed by atoms with van der Waals surface area (Å²) in [7, 11) is 0. The molecule has 0 bridgehead atoms. The molecular formula is C26H39N5O2S. The Kier molecular flexibility index (Phi) is 9.10. The van der Waals surface area contributed by atoms with Crippen molar-refractivity contribution in [2.24, 2.45) is 0 Å². The minimum Gasteiger partial charge on any atom is -0.461 e. The number of carbonyl (C=O) groups excluding carboxylic acids is 1. The van der Waals surface area contributed by atoms with Crippen molar-refractivity contribution in [3.8, 4) is 0 Å². The van der Waals surface area contributed by atoms with Crippen molar-refractivity contribution in [2.75, 3.05) is 19.7 Å². The van der Waals surface area contributed by atoms with Gasteiger partial charge < -0.3 is 23.8 Å². The molecule has 0 saturated carbocycles. The van der Waals surface area contributed by atoms with E-state index < -0.39 is 0 Å². The first-order valence-electron chi connectivity index (χ1n) is 11.8. The van der Waals surface area contributed by atoms with Crippen molar-refractivity contribution in [1.29, 1.82) is 0 Å². The molecule has 3 aromatic heterocycles. The molecule has 1 N–H and O–H groups in total. The van der Waals surface area contributed by atoms with E-state index in [1.54, 1.807) is 11.9 Å². The maximum Gasteiger partial charge on any atom is 0.354 e. The van der Waals surface area contributed by atoms with E-state index in [2.05, 4.69) is 80.8 Å². The van der Waals surface area contributed by atoms with Gasteiger partial charge in [-0.3, -0.25) is 0 Å². The van der Waals surface area contributed by atoms with Gasteiger partial charge in [0.2, 0.25) is 0 Å². The molecule has 186 valence electrons. The molecule has 7 nitrogen and oxygen atoms in total. The van der Waals surface area contributed by atoms with Crippen LogP contribution in [-0.4, -0.2) is 43.7 Å². The highest BCUT2D eigenvalue weighted by Crippen LogP contribution is 2.33. The van der Waals surface area contributed by atoms with Crippen LogP contribution in [0, 0.1) is 6.92 Å². The lowest BCUT2D eigenvalue weighted by Gasteiger charge is -2.27. The van der Waals surface area contributed by atoms with Crippen molar-refractivity contribution < 1.29 is 9.53 Å². The Morgan fingerprint density at radius 2 is 1.82 bits per heavy atom. The first-order valence-corrected chi connectivity index (χ1v) is 12.6. The summed E-state index contributed by atoms with van der Waals surface area (Å²) in [6, 6.07) is 10.7. The van der Waals surface area contributed by atoms with Crippen LogP contribution in [0.2, 0.25) is 0 Å². The van der Waals surface area contributed by atoms with Gasteiger partial charge in [-0.05, 0) is 70.0 Å². The topological polar surface area (TPSA) is 56.4 Å². The maximum absolute atomic E-state index is 12.3. The SMILES string of the molecule is C.CCOC(=O)c1cc(SN2CCn3cccc3C2)c(C)n1C(C)C.c1cc2n(c1)CCNC2. The van der Waals surface area contributed by atoms with Crippen LogP contribution in [0.1, 0.15) is 61.8 Å². The molecule has 0 saturated heterocycles. The van der Waals surface area contributed by atoms with E-state index in [-0.39, 0.29) is 19.4 Å². The van der Waals surface area contributed by atoms with Crippen LogP contribution in [0.25, 0.3) is 0 Å². The van der Waals surface area contributed by atoms with Crippen LogP contribution >= 0.6 is 11.9 Å². The van der Waals surface area contributed by atoms with Gasteiger partial charge in [0.15, 0.2) is 0 Å². The molecule has 34 heavy (non-hydrogen) atoms. The second-order valence-electron chi connectivity index (χ2n) is 8.68. The van der Waals surface area contributed by atoms with Crippen LogP contribution in [0.4, 0.5) is 0 Å². The summed E-state index contributed by atoms with van der Waals surface area (Å²) in [6.07, 6.45) is 4.27. The summed E-state index contributed by atoms with van der Waals surface area (Å²) in [5.74, 6) is -0.242. The Labute approximate surface area is 208 Å². The number of ether oxygens (including phenoxy) is 1. The van der Waals surface area contributed by atoms with E-state index in [0.717, 1.165) is 49.9 Å². The van der Waals surface area contributed by atoms with Crippen LogP contribution < -0.4 is 5.32 Å². The van der Waals surface area contributed by atoms with E-state index in [0.29, 0.717) is 12.3 Å². The lowest BCUT2D eigenvalue weighted by molar-refractivity contribution is 0.0511. The molecule has 2 aliphatic rings. The Morgan fingerprint density at radius 3 is 2.50 bits per heavy atom. The van der Waals surface area contributed by atoms with Gasteiger partial charge in [-0.1, -0.05) is 7.43 Å². The van der Waals surface area contributed by atoms with Gasteiger partial charge in [0.05, 0.1) is 6.61 Å². The van der Waals surface area contributed by atoms with E-state index in [1.165, 1.54) is 11.4 Å². The summed E-state index contributed by atoms with van der Waals surface area (Å²) in [4.78, 5) is 13.4. The molecular weight excluding hydrogens is 446 g/mol. The van der Waals surface area contributed by atoms with Crippen molar-refractivity contribution >= 4 is 17.9 Å². The zero-order chi connectivity index (χ0) is 23.4. The Balaban J connectivity index is 0.000000270. The summed E-state index contributed by atoms with van der Waals surface area (Å²) in [5, 5.41) is 3.31. The second kappa shape index (κ2) is 11.8. The van der Waals surface area contributed by atoms with Crippen LogP contribution in [-0.2, 0) is 30.9 Å². The zero-order valence-electron chi connectivity index (χ0n) is 20.1. The highest BCUT2D eigenvalue weighted by molar-refractivity contribution is 7.97. The number of hydrogen-bond donors (Lipinski definition) is 1. The van der Waals surface area contributed by atoms with Gasteiger partial charge in [-0.2, -0.15) is 0 Å². The van der Waals surface area contributed by atoms with E-state index in [1.807, 2.05) is 13.0 Å². The van der Waals surface area contributed by atoms with Crippen LogP contribution in [0.3, 0.4) is 0 Å². The average Bonchev–Trinajstić information content (AvgIpc) is 3.53. The van der Waals surface area contributed by atoms with Gasteiger partial charge >= 0.3 is 5.97 Å². The second-order valence-corrected chi connectivity index (χ2v) is 9.82. The van der Waals surface area contributed by atoms with Crippen molar-refractivity contribution in [3.63, 3.8) is 0 Å². The van der Waals surface area contributed by atoms with Crippen LogP contribution in [0.5, 0.6) is 0 Å². The highest BCUT2D eigenvalue weighted by atomic mass is 32.2. The maximum atomic E-state index is 12.3. The van der Waals surface area contributed by atoms with Crippen molar-refractivity contribution in [2.45, 2.75) is 72.2 Å². The summed E-state index contributed by atoms with van der Waals surface area (Å²) in [5.41, 5.74) is 4.51. The smallest absolute Gasteiger partial charge is 0.354 e. The molecule has 0 aliphatic carbocycles. The number of esters is 1. The number of fused-ring (bicyclic) bond motifs is 2. The molecule has 0 unspecified atom stereocenters. The summed E-state index contributed by atoms with van der Waals surface area (Å²) >= 11 is 1.74. The Morgan fingerprint density at radius 1 is 1.12 bits per heavy atom. The van der Waals surface area contributed by atoms with Gasteiger partial charge in [-0.25, -0.2) is 9.10 Å². The molecule has 8 heteroatoms. The number of hydrogen-bond acceptors (Lipinski definition) is 5. The molecule has 0 atom stereocenters. The van der Waals surface area contributed by atoms with E-state index >= 15 is 0 Å². The number of rotatable bonds is 5. The molecule has 5 heterocycles. The molecule has 0 spiro atoms. The lowest BCUT2D eigenvalue weighted by atomic mass is 10.3. The predicted octanol–water partition coefficient (Wildman–Crippen LogP) is 5.11.